The fraction of sp³-hybridized carbons (Fsp3) is 0.444. The molecular weight excluding hydrogens is 432 g/mol. The number of carboxylic acid groups (broad SMARTS) is 1. The molecule has 0 heterocycles. The van der Waals surface area contributed by atoms with Gasteiger partial charge in [-0.05, 0) is 47.4 Å². The van der Waals surface area contributed by atoms with Crippen molar-refractivity contribution in [2.75, 3.05) is 6.61 Å². The lowest BCUT2D eigenvalue weighted by molar-refractivity contribution is -0.144. The Bertz CT molecular complexity index is 1020. The van der Waals surface area contributed by atoms with Gasteiger partial charge in [-0.2, -0.15) is 0 Å². The van der Waals surface area contributed by atoms with E-state index in [0.29, 0.717) is 12.8 Å². The molecule has 7 heteroatoms. The molecule has 1 saturated carbocycles. The van der Waals surface area contributed by atoms with Gasteiger partial charge in [0.25, 0.3) is 0 Å². The third-order valence-electron chi connectivity index (χ3n) is 6.94. The van der Waals surface area contributed by atoms with Gasteiger partial charge in [-0.25, -0.2) is 9.59 Å². The SMILES string of the molecule is CC(C)[C@H](NC(=O)[C@@H]1CCC[C@H](NC(=O)OCC2c3ccccc3-c3ccccc32)C1)C(=O)O. The Morgan fingerprint density at radius 3 is 2.21 bits per heavy atom. The Labute approximate surface area is 199 Å². The third-order valence-corrected chi connectivity index (χ3v) is 6.94. The number of carbonyl (C=O) groups is 3. The average molecular weight is 465 g/mol. The number of nitrogens with one attached hydrogen (secondary N) is 2. The highest BCUT2D eigenvalue weighted by Crippen LogP contribution is 2.44. The number of ether oxygens (including phenoxy) is 1. The van der Waals surface area contributed by atoms with Crippen molar-refractivity contribution >= 4 is 18.0 Å². The summed E-state index contributed by atoms with van der Waals surface area (Å²) >= 11 is 0. The third kappa shape index (κ3) is 5.08. The molecule has 4 rings (SSSR count). The van der Waals surface area contributed by atoms with Gasteiger partial charge in [0, 0.05) is 17.9 Å². The maximum Gasteiger partial charge on any atom is 0.407 e. The van der Waals surface area contributed by atoms with E-state index >= 15 is 0 Å². The van der Waals surface area contributed by atoms with E-state index in [1.54, 1.807) is 13.8 Å². The molecule has 2 aliphatic carbocycles. The van der Waals surface area contributed by atoms with Gasteiger partial charge in [-0.3, -0.25) is 4.79 Å². The zero-order chi connectivity index (χ0) is 24.2. The molecule has 3 N–H and O–H groups in total. The van der Waals surface area contributed by atoms with Crippen LogP contribution in [0.25, 0.3) is 11.1 Å². The Kier molecular flexibility index (Phi) is 7.20. The van der Waals surface area contributed by atoms with Gasteiger partial charge in [-0.1, -0.05) is 68.8 Å². The molecule has 0 aliphatic heterocycles. The minimum Gasteiger partial charge on any atom is -0.480 e. The molecule has 0 unspecified atom stereocenters. The topological polar surface area (TPSA) is 105 Å². The number of benzene rings is 2. The van der Waals surface area contributed by atoms with Crippen LogP contribution in [0, 0.1) is 11.8 Å². The summed E-state index contributed by atoms with van der Waals surface area (Å²) in [6, 6.07) is 15.3. The van der Waals surface area contributed by atoms with Gasteiger partial charge >= 0.3 is 12.1 Å². The van der Waals surface area contributed by atoms with Crippen molar-refractivity contribution in [2.24, 2.45) is 11.8 Å². The second kappa shape index (κ2) is 10.3. The van der Waals surface area contributed by atoms with Gasteiger partial charge < -0.3 is 20.5 Å². The summed E-state index contributed by atoms with van der Waals surface area (Å²) in [7, 11) is 0. The predicted molar refractivity (Wildman–Crippen MR) is 128 cm³/mol. The molecule has 1 fully saturated rings. The lowest BCUT2D eigenvalue weighted by atomic mass is 9.85. The molecule has 0 saturated heterocycles. The molecule has 2 aromatic rings. The van der Waals surface area contributed by atoms with Gasteiger partial charge in [0.05, 0.1) is 0 Å². The highest BCUT2D eigenvalue weighted by atomic mass is 16.5. The molecule has 34 heavy (non-hydrogen) atoms. The predicted octanol–water partition coefficient (Wildman–Crippen LogP) is 4.31. The average Bonchev–Trinajstić information content (AvgIpc) is 3.14. The summed E-state index contributed by atoms with van der Waals surface area (Å²) in [5, 5.41) is 14.9. The minimum atomic E-state index is -1.03. The van der Waals surface area contributed by atoms with Crippen molar-refractivity contribution in [1.82, 2.24) is 10.6 Å². The Hall–Kier alpha value is -3.35. The van der Waals surface area contributed by atoms with Crippen LogP contribution in [0.15, 0.2) is 48.5 Å². The van der Waals surface area contributed by atoms with Gasteiger partial charge in [0.15, 0.2) is 0 Å². The number of carbonyl (C=O) groups excluding carboxylic acids is 2. The summed E-state index contributed by atoms with van der Waals surface area (Å²) in [5.41, 5.74) is 4.66. The molecule has 0 aromatic heterocycles. The van der Waals surface area contributed by atoms with E-state index in [-0.39, 0.29) is 36.3 Å². The summed E-state index contributed by atoms with van der Waals surface area (Å²) in [4.78, 5) is 36.7. The van der Waals surface area contributed by atoms with E-state index in [1.165, 1.54) is 11.1 Å². The maximum atomic E-state index is 12.7. The Morgan fingerprint density at radius 2 is 1.62 bits per heavy atom. The molecule has 0 radical (unpaired) electrons. The number of alkyl carbamates (subject to hydrolysis) is 1. The van der Waals surface area contributed by atoms with Crippen LogP contribution >= 0.6 is 0 Å². The van der Waals surface area contributed by atoms with Crippen molar-refractivity contribution in [3.63, 3.8) is 0 Å². The second-order valence-electron chi connectivity index (χ2n) is 9.60. The normalized spacial score (nSPS) is 20.2. The van der Waals surface area contributed by atoms with E-state index in [1.807, 2.05) is 24.3 Å². The molecule has 3 atom stereocenters. The molecule has 0 spiro atoms. The van der Waals surface area contributed by atoms with Crippen LogP contribution in [0.3, 0.4) is 0 Å². The maximum absolute atomic E-state index is 12.7. The first-order chi connectivity index (χ1) is 16.3. The summed E-state index contributed by atoms with van der Waals surface area (Å²) < 4.78 is 5.64. The van der Waals surface area contributed by atoms with Crippen molar-refractivity contribution in [2.45, 2.75) is 57.5 Å². The number of hydrogen-bond acceptors (Lipinski definition) is 4. The highest BCUT2D eigenvalue weighted by Gasteiger charge is 2.33. The van der Waals surface area contributed by atoms with Crippen molar-refractivity contribution in [3.8, 4) is 11.1 Å². The van der Waals surface area contributed by atoms with Crippen LogP contribution in [-0.4, -0.2) is 41.8 Å². The smallest absolute Gasteiger partial charge is 0.407 e. The highest BCUT2D eigenvalue weighted by molar-refractivity contribution is 5.85. The van der Waals surface area contributed by atoms with Crippen LogP contribution in [0.1, 0.15) is 56.6 Å². The summed E-state index contributed by atoms with van der Waals surface area (Å²) in [6.07, 6.45) is 2.21. The Balaban J connectivity index is 1.32. The van der Waals surface area contributed by atoms with Crippen molar-refractivity contribution in [3.05, 3.63) is 59.7 Å². The second-order valence-corrected chi connectivity index (χ2v) is 9.60. The molecule has 180 valence electrons. The number of amides is 2. The number of rotatable bonds is 7. The van der Waals surface area contributed by atoms with E-state index in [0.717, 1.165) is 24.0 Å². The van der Waals surface area contributed by atoms with Crippen LogP contribution < -0.4 is 10.6 Å². The molecular formula is C27H32N2O5. The van der Waals surface area contributed by atoms with E-state index in [2.05, 4.69) is 34.9 Å². The number of hydrogen-bond donors (Lipinski definition) is 3. The number of carboxylic acids is 1. The fourth-order valence-electron chi connectivity index (χ4n) is 5.15. The van der Waals surface area contributed by atoms with E-state index in [9.17, 15) is 19.5 Å². The zero-order valence-electron chi connectivity index (χ0n) is 19.6. The Morgan fingerprint density at radius 1 is 1.00 bits per heavy atom. The van der Waals surface area contributed by atoms with E-state index in [4.69, 9.17) is 4.74 Å². The number of fused-ring (bicyclic) bond motifs is 3. The van der Waals surface area contributed by atoms with Crippen LogP contribution in [0.4, 0.5) is 4.79 Å². The summed E-state index contributed by atoms with van der Waals surface area (Å²) in [5.74, 6) is -1.84. The largest absolute Gasteiger partial charge is 0.480 e. The van der Waals surface area contributed by atoms with Crippen LogP contribution in [-0.2, 0) is 14.3 Å². The number of aliphatic carboxylic acids is 1. The standard InChI is InChI=1S/C27H32N2O5/c1-16(2)24(26(31)32)29-25(30)17-8-7-9-18(14-17)28-27(33)34-15-23-21-12-5-3-10-19(21)20-11-4-6-13-22(20)23/h3-6,10-13,16-18,23-24H,7-9,14-15H2,1-2H3,(H,28,33)(H,29,30)(H,31,32)/t17-,18+,24+/m1/s1. The van der Waals surface area contributed by atoms with Crippen LogP contribution in [0.5, 0.6) is 0 Å². The fourth-order valence-corrected chi connectivity index (χ4v) is 5.15. The lowest BCUT2D eigenvalue weighted by Gasteiger charge is -2.30. The van der Waals surface area contributed by atoms with Crippen molar-refractivity contribution in [1.29, 1.82) is 0 Å². The molecule has 0 bridgehead atoms. The van der Waals surface area contributed by atoms with Gasteiger partial charge in [-0.15, -0.1) is 0 Å². The monoisotopic (exact) mass is 464 g/mol. The zero-order valence-corrected chi connectivity index (χ0v) is 19.6. The van der Waals surface area contributed by atoms with Gasteiger partial charge in [0.2, 0.25) is 5.91 Å². The first-order valence-corrected chi connectivity index (χ1v) is 12.0. The molecule has 2 aromatic carbocycles. The van der Waals surface area contributed by atoms with Gasteiger partial charge in [0.1, 0.15) is 12.6 Å². The van der Waals surface area contributed by atoms with E-state index < -0.39 is 18.1 Å². The molecule has 2 amide bonds. The lowest BCUT2D eigenvalue weighted by Crippen LogP contribution is -2.49. The first-order valence-electron chi connectivity index (χ1n) is 12.0. The summed E-state index contributed by atoms with van der Waals surface area (Å²) in [6.45, 7) is 3.77. The molecule has 2 aliphatic rings. The quantitative estimate of drug-likeness (QED) is 0.566. The van der Waals surface area contributed by atoms with Crippen molar-refractivity contribution < 1.29 is 24.2 Å². The first kappa shape index (κ1) is 23.8. The van der Waals surface area contributed by atoms with Crippen LogP contribution in [0.2, 0.25) is 0 Å². The minimum absolute atomic E-state index is 0.00739. The molecule has 7 nitrogen and oxygen atoms in total.